The average Bonchev–Trinajstić information content (AvgIpc) is 2.49. The van der Waals surface area contributed by atoms with Crippen molar-refractivity contribution < 1.29 is 5.11 Å². The molecule has 1 aromatic rings. The van der Waals surface area contributed by atoms with E-state index < -0.39 is 0 Å². The number of aryl methyl sites for hydroxylation is 1. The minimum Gasteiger partial charge on any atom is -0.393 e. The second-order valence-electron chi connectivity index (χ2n) is 5.77. The average molecular weight is 289 g/mol. The zero-order valence-corrected chi connectivity index (χ0v) is 13.1. The molecule has 0 amide bonds. The Kier molecular flexibility index (Phi) is 6.05. The van der Waals surface area contributed by atoms with Gasteiger partial charge in [-0.15, -0.1) is 0 Å². The minimum atomic E-state index is -0.116. The van der Waals surface area contributed by atoms with E-state index in [0.717, 1.165) is 38.2 Å². The first kappa shape index (κ1) is 15.8. The molecule has 0 aliphatic heterocycles. The van der Waals surface area contributed by atoms with Gasteiger partial charge in [0.2, 0.25) is 0 Å². The first-order valence-electron chi connectivity index (χ1n) is 7.96. The van der Waals surface area contributed by atoms with Gasteiger partial charge < -0.3 is 15.7 Å². The third-order valence-corrected chi connectivity index (χ3v) is 4.05. The van der Waals surface area contributed by atoms with Crippen molar-refractivity contribution in [2.75, 3.05) is 6.54 Å². The van der Waals surface area contributed by atoms with Crippen molar-refractivity contribution in [3.63, 3.8) is 0 Å². The van der Waals surface area contributed by atoms with Crippen LogP contribution in [0.15, 0.2) is 29.3 Å². The summed E-state index contributed by atoms with van der Waals surface area (Å²) in [4.78, 5) is 4.69. The molecule has 0 unspecified atom stereocenters. The number of aliphatic hydroxyl groups is 1. The summed E-state index contributed by atoms with van der Waals surface area (Å²) < 4.78 is 0. The molecule has 0 spiro atoms. The lowest BCUT2D eigenvalue weighted by Crippen LogP contribution is -2.45. The molecular weight excluding hydrogens is 262 g/mol. The number of nitrogens with one attached hydrogen (secondary N) is 2. The molecule has 21 heavy (non-hydrogen) atoms. The monoisotopic (exact) mass is 289 g/mol. The number of aliphatic imine (C=N–C) groups is 1. The van der Waals surface area contributed by atoms with Crippen LogP contribution >= 0.6 is 0 Å². The molecule has 0 bridgehead atoms. The summed E-state index contributed by atoms with van der Waals surface area (Å²) in [6, 6.07) is 8.77. The van der Waals surface area contributed by atoms with Crippen LogP contribution in [0.4, 0.5) is 0 Å². The Morgan fingerprint density at radius 1 is 1.24 bits per heavy atom. The van der Waals surface area contributed by atoms with E-state index >= 15 is 0 Å². The maximum atomic E-state index is 9.57. The van der Waals surface area contributed by atoms with Crippen molar-refractivity contribution >= 4 is 5.96 Å². The number of nitrogens with zero attached hydrogens (tertiary/aromatic N) is 1. The van der Waals surface area contributed by atoms with Gasteiger partial charge in [-0.2, -0.15) is 0 Å². The minimum absolute atomic E-state index is 0.116. The SMILES string of the molecule is CCNC(=NCc1ccccc1C)NC1CCC(O)CC1. The Balaban J connectivity index is 1.94. The molecule has 4 nitrogen and oxygen atoms in total. The fourth-order valence-corrected chi connectivity index (χ4v) is 2.69. The van der Waals surface area contributed by atoms with E-state index in [0.29, 0.717) is 12.6 Å². The number of benzene rings is 1. The third-order valence-electron chi connectivity index (χ3n) is 4.05. The Hall–Kier alpha value is -1.55. The lowest BCUT2D eigenvalue weighted by Gasteiger charge is -2.27. The molecular formula is C17H27N3O. The lowest BCUT2D eigenvalue weighted by atomic mass is 9.93. The standard InChI is InChI=1S/C17H27N3O/c1-3-18-17(20-15-8-10-16(21)11-9-15)19-12-14-7-5-4-6-13(14)2/h4-7,15-16,21H,3,8-12H2,1-2H3,(H2,18,19,20). The molecule has 1 aliphatic rings. The Morgan fingerprint density at radius 3 is 2.62 bits per heavy atom. The van der Waals surface area contributed by atoms with Crippen LogP contribution in [0.1, 0.15) is 43.7 Å². The second-order valence-corrected chi connectivity index (χ2v) is 5.77. The van der Waals surface area contributed by atoms with Gasteiger partial charge in [0.15, 0.2) is 5.96 Å². The predicted octanol–water partition coefficient (Wildman–Crippen LogP) is 2.35. The second kappa shape index (κ2) is 8.03. The number of rotatable bonds is 4. The highest BCUT2D eigenvalue weighted by molar-refractivity contribution is 5.80. The van der Waals surface area contributed by atoms with E-state index in [-0.39, 0.29) is 6.10 Å². The van der Waals surface area contributed by atoms with Crippen LogP contribution < -0.4 is 10.6 Å². The van der Waals surface area contributed by atoms with Gasteiger partial charge in [0.25, 0.3) is 0 Å². The molecule has 0 saturated heterocycles. The van der Waals surface area contributed by atoms with Crippen molar-refractivity contribution in [3.8, 4) is 0 Å². The maximum Gasteiger partial charge on any atom is 0.191 e. The highest BCUT2D eigenvalue weighted by atomic mass is 16.3. The fourth-order valence-electron chi connectivity index (χ4n) is 2.69. The molecule has 1 aliphatic carbocycles. The van der Waals surface area contributed by atoms with E-state index in [1.165, 1.54) is 11.1 Å². The van der Waals surface area contributed by atoms with Crippen LogP contribution in [0.25, 0.3) is 0 Å². The highest BCUT2D eigenvalue weighted by Gasteiger charge is 2.19. The van der Waals surface area contributed by atoms with Gasteiger partial charge in [0, 0.05) is 12.6 Å². The predicted molar refractivity (Wildman–Crippen MR) is 87.4 cm³/mol. The molecule has 0 heterocycles. The van der Waals surface area contributed by atoms with Crippen LogP contribution in [0.3, 0.4) is 0 Å². The third kappa shape index (κ3) is 5.05. The summed E-state index contributed by atoms with van der Waals surface area (Å²) in [6.45, 7) is 5.75. The molecule has 0 atom stereocenters. The van der Waals surface area contributed by atoms with Gasteiger partial charge in [-0.25, -0.2) is 4.99 Å². The van der Waals surface area contributed by atoms with Gasteiger partial charge in [0.05, 0.1) is 12.6 Å². The van der Waals surface area contributed by atoms with Crippen LogP contribution in [0.5, 0.6) is 0 Å². The molecule has 1 fully saturated rings. The summed E-state index contributed by atoms with van der Waals surface area (Å²) in [5.74, 6) is 0.877. The van der Waals surface area contributed by atoms with Gasteiger partial charge in [-0.1, -0.05) is 24.3 Å². The summed E-state index contributed by atoms with van der Waals surface area (Å²) >= 11 is 0. The van der Waals surface area contributed by atoms with Gasteiger partial charge in [0.1, 0.15) is 0 Å². The number of guanidine groups is 1. The summed E-state index contributed by atoms with van der Waals surface area (Å²) in [5, 5.41) is 16.4. The van der Waals surface area contributed by atoms with E-state index in [4.69, 9.17) is 0 Å². The van der Waals surface area contributed by atoms with Gasteiger partial charge in [-0.05, 0) is 50.7 Å². The lowest BCUT2D eigenvalue weighted by molar-refractivity contribution is 0.120. The first-order chi connectivity index (χ1) is 10.2. The molecule has 1 saturated carbocycles. The molecule has 3 N–H and O–H groups in total. The largest absolute Gasteiger partial charge is 0.393 e. The van der Waals surface area contributed by atoms with Crippen LogP contribution in [-0.4, -0.2) is 29.8 Å². The van der Waals surface area contributed by atoms with Gasteiger partial charge in [-0.3, -0.25) is 0 Å². The first-order valence-corrected chi connectivity index (χ1v) is 7.96. The van der Waals surface area contributed by atoms with E-state index in [1.807, 2.05) is 0 Å². The Bertz CT molecular complexity index is 465. The number of aliphatic hydroxyl groups excluding tert-OH is 1. The van der Waals surface area contributed by atoms with Crippen LogP contribution in [0.2, 0.25) is 0 Å². The zero-order chi connectivity index (χ0) is 15.1. The molecule has 0 radical (unpaired) electrons. The molecule has 4 heteroatoms. The fraction of sp³-hybridized carbons (Fsp3) is 0.588. The van der Waals surface area contributed by atoms with E-state index in [2.05, 4.69) is 53.7 Å². The van der Waals surface area contributed by atoms with Crippen molar-refractivity contribution in [1.29, 1.82) is 0 Å². The van der Waals surface area contributed by atoms with Crippen LogP contribution in [-0.2, 0) is 6.54 Å². The Morgan fingerprint density at radius 2 is 1.95 bits per heavy atom. The van der Waals surface area contributed by atoms with Crippen LogP contribution in [0, 0.1) is 6.92 Å². The molecule has 0 aromatic heterocycles. The summed E-state index contributed by atoms with van der Waals surface area (Å²) in [6.07, 6.45) is 3.67. The maximum absolute atomic E-state index is 9.57. The summed E-state index contributed by atoms with van der Waals surface area (Å²) in [7, 11) is 0. The highest BCUT2D eigenvalue weighted by Crippen LogP contribution is 2.18. The summed E-state index contributed by atoms with van der Waals surface area (Å²) in [5.41, 5.74) is 2.53. The van der Waals surface area contributed by atoms with E-state index in [9.17, 15) is 5.11 Å². The van der Waals surface area contributed by atoms with Crippen molar-refractivity contribution in [2.24, 2.45) is 4.99 Å². The normalized spacial score (nSPS) is 22.9. The topological polar surface area (TPSA) is 56.7 Å². The van der Waals surface area contributed by atoms with Crippen molar-refractivity contribution in [1.82, 2.24) is 10.6 Å². The smallest absolute Gasteiger partial charge is 0.191 e. The molecule has 2 rings (SSSR count). The molecule has 116 valence electrons. The van der Waals surface area contributed by atoms with Gasteiger partial charge >= 0.3 is 0 Å². The molecule has 1 aromatic carbocycles. The van der Waals surface area contributed by atoms with E-state index in [1.54, 1.807) is 0 Å². The Labute approximate surface area is 127 Å². The van der Waals surface area contributed by atoms with Crippen molar-refractivity contribution in [3.05, 3.63) is 35.4 Å². The van der Waals surface area contributed by atoms with Crippen molar-refractivity contribution in [2.45, 2.75) is 58.2 Å². The zero-order valence-electron chi connectivity index (χ0n) is 13.1. The quantitative estimate of drug-likeness (QED) is 0.589. The number of hydrogen-bond donors (Lipinski definition) is 3. The number of hydrogen-bond acceptors (Lipinski definition) is 2.